The van der Waals surface area contributed by atoms with Crippen LogP contribution in [-0.2, 0) is 9.47 Å². The summed E-state index contributed by atoms with van der Waals surface area (Å²) in [5, 5.41) is 11.2. The van der Waals surface area contributed by atoms with Crippen molar-refractivity contribution in [1.82, 2.24) is 0 Å². The van der Waals surface area contributed by atoms with E-state index >= 15 is 0 Å². The smallest absolute Gasteiger partial charge is 0.0946 e. The van der Waals surface area contributed by atoms with Gasteiger partial charge in [0.25, 0.3) is 0 Å². The molecule has 2 aliphatic rings. The largest absolute Gasteiger partial charge is 0.390 e. The molecule has 3 heteroatoms. The Morgan fingerprint density at radius 1 is 1.24 bits per heavy atom. The van der Waals surface area contributed by atoms with Crippen LogP contribution < -0.4 is 0 Å². The van der Waals surface area contributed by atoms with E-state index in [0.29, 0.717) is 12.5 Å². The molecule has 0 bridgehead atoms. The van der Waals surface area contributed by atoms with Gasteiger partial charge in [0.2, 0.25) is 0 Å². The summed E-state index contributed by atoms with van der Waals surface area (Å²) in [6.45, 7) is 13.5. The van der Waals surface area contributed by atoms with Crippen LogP contribution in [0.15, 0.2) is 0 Å². The second kappa shape index (κ2) is 5.82. The molecular formula is C18H34O3. The number of hydrogen-bond donors (Lipinski definition) is 1. The quantitative estimate of drug-likeness (QED) is 0.854. The second-order valence-corrected chi connectivity index (χ2v) is 8.42. The van der Waals surface area contributed by atoms with Crippen molar-refractivity contribution >= 4 is 0 Å². The van der Waals surface area contributed by atoms with Crippen LogP contribution in [0.4, 0.5) is 0 Å². The minimum absolute atomic E-state index is 0.129. The molecule has 2 rings (SSSR count). The lowest BCUT2D eigenvalue weighted by Gasteiger charge is -2.47. The van der Waals surface area contributed by atoms with Gasteiger partial charge < -0.3 is 14.6 Å². The summed E-state index contributed by atoms with van der Waals surface area (Å²) in [5.74, 6) is 0.753. The maximum absolute atomic E-state index is 11.2. The zero-order chi connectivity index (χ0) is 15.9. The zero-order valence-corrected chi connectivity index (χ0v) is 14.7. The van der Waals surface area contributed by atoms with E-state index in [9.17, 15) is 5.11 Å². The van der Waals surface area contributed by atoms with E-state index in [1.54, 1.807) is 0 Å². The average molecular weight is 298 g/mol. The highest BCUT2D eigenvalue weighted by Gasteiger charge is 2.55. The van der Waals surface area contributed by atoms with Gasteiger partial charge in [-0.25, -0.2) is 0 Å². The number of hydrogen-bond acceptors (Lipinski definition) is 3. The van der Waals surface area contributed by atoms with Gasteiger partial charge in [-0.1, -0.05) is 19.8 Å². The Balaban J connectivity index is 2.24. The molecule has 1 saturated heterocycles. The Bertz CT molecular complexity index is 359. The molecule has 3 nitrogen and oxygen atoms in total. The van der Waals surface area contributed by atoms with E-state index in [2.05, 4.69) is 34.6 Å². The van der Waals surface area contributed by atoms with Crippen LogP contribution in [0.3, 0.4) is 0 Å². The molecule has 1 aliphatic carbocycles. The Morgan fingerprint density at radius 2 is 1.90 bits per heavy atom. The lowest BCUT2D eigenvalue weighted by Crippen LogP contribution is -2.54. The van der Waals surface area contributed by atoms with Crippen molar-refractivity contribution in [2.75, 3.05) is 6.61 Å². The van der Waals surface area contributed by atoms with Crippen LogP contribution in [0.2, 0.25) is 0 Å². The fraction of sp³-hybridized carbons (Fsp3) is 1.00. The number of ether oxygens (including phenoxy) is 2. The first kappa shape index (κ1) is 17.2. The van der Waals surface area contributed by atoms with E-state index in [0.717, 1.165) is 25.7 Å². The molecule has 1 saturated carbocycles. The fourth-order valence-corrected chi connectivity index (χ4v) is 4.78. The molecule has 0 radical (unpaired) electrons. The average Bonchev–Trinajstić information content (AvgIpc) is 2.56. The second-order valence-electron chi connectivity index (χ2n) is 8.42. The highest BCUT2D eigenvalue weighted by Crippen LogP contribution is 2.49. The lowest BCUT2D eigenvalue weighted by molar-refractivity contribution is -0.180. The summed E-state index contributed by atoms with van der Waals surface area (Å²) in [5.41, 5.74) is -0.839. The maximum Gasteiger partial charge on any atom is 0.0946 e. The van der Waals surface area contributed by atoms with Crippen LogP contribution in [0.1, 0.15) is 73.6 Å². The lowest BCUT2D eigenvalue weighted by atomic mass is 9.68. The van der Waals surface area contributed by atoms with Crippen molar-refractivity contribution in [1.29, 1.82) is 0 Å². The molecule has 4 atom stereocenters. The highest BCUT2D eigenvalue weighted by atomic mass is 16.5. The van der Waals surface area contributed by atoms with Gasteiger partial charge >= 0.3 is 0 Å². The first-order valence-electron chi connectivity index (χ1n) is 8.64. The Labute approximate surface area is 130 Å². The summed E-state index contributed by atoms with van der Waals surface area (Å²) >= 11 is 0. The van der Waals surface area contributed by atoms with Crippen LogP contribution in [-0.4, -0.2) is 34.6 Å². The van der Waals surface area contributed by atoms with Crippen molar-refractivity contribution in [3.8, 4) is 0 Å². The summed E-state index contributed by atoms with van der Waals surface area (Å²) < 4.78 is 12.4. The molecule has 0 aromatic heterocycles. The third-order valence-electron chi connectivity index (χ3n) is 5.49. The Kier molecular flexibility index (Phi) is 4.78. The van der Waals surface area contributed by atoms with Crippen molar-refractivity contribution < 1.29 is 14.6 Å². The molecular weight excluding hydrogens is 264 g/mol. The molecule has 0 aromatic rings. The topological polar surface area (TPSA) is 38.7 Å². The van der Waals surface area contributed by atoms with Gasteiger partial charge in [-0.05, 0) is 59.8 Å². The molecule has 2 fully saturated rings. The maximum atomic E-state index is 11.2. The molecule has 1 N–H and O–H groups in total. The third-order valence-corrected chi connectivity index (χ3v) is 5.49. The number of aliphatic hydroxyl groups is 1. The SMILES string of the molecule is CCOC1(C(O)C2CC(C)(C)OC2(C)C)CCCC(C)C1. The fourth-order valence-electron chi connectivity index (χ4n) is 4.78. The van der Waals surface area contributed by atoms with Gasteiger partial charge in [-0.2, -0.15) is 0 Å². The Morgan fingerprint density at radius 3 is 2.38 bits per heavy atom. The zero-order valence-electron chi connectivity index (χ0n) is 14.7. The van der Waals surface area contributed by atoms with Gasteiger partial charge in [0.15, 0.2) is 0 Å². The van der Waals surface area contributed by atoms with E-state index in [1.165, 1.54) is 6.42 Å². The third kappa shape index (κ3) is 3.46. The molecule has 4 unspecified atom stereocenters. The predicted octanol–water partition coefficient (Wildman–Crippen LogP) is 3.93. The molecule has 0 aromatic carbocycles. The van der Waals surface area contributed by atoms with Gasteiger partial charge in [0.05, 0.1) is 22.9 Å². The van der Waals surface area contributed by atoms with E-state index in [4.69, 9.17) is 9.47 Å². The Hall–Kier alpha value is -0.120. The minimum Gasteiger partial charge on any atom is -0.390 e. The van der Waals surface area contributed by atoms with E-state index < -0.39 is 6.10 Å². The molecule has 0 amide bonds. The highest BCUT2D eigenvalue weighted by molar-refractivity contribution is 5.05. The molecule has 124 valence electrons. The van der Waals surface area contributed by atoms with Crippen LogP contribution in [0.25, 0.3) is 0 Å². The van der Waals surface area contributed by atoms with Crippen molar-refractivity contribution in [2.45, 2.75) is 96.6 Å². The minimum atomic E-state index is -0.447. The summed E-state index contributed by atoms with van der Waals surface area (Å²) in [6.07, 6.45) is 4.78. The van der Waals surface area contributed by atoms with Gasteiger partial charge in [0, 0.05) is 12.5 Å². The molecule has 21 heavy (non-hydrogen) atoms. The van der Waals surface area contributed by atoms with Crippen molar-refractivity contribution in [3.05, 3.63) is 0 Å². The molecule has 0 spiro atoms. The number of aliphatic hydroxyl groups excluding tert-OH is 1. The summed E-state index contributed by atoms with van der Waals surface area (Å²) in [4.78, 5) is 0. The molecule has 1 heterocycles. The first-order valence-corrected chi connectivity index (χ1v) is 8.64. The monoisotopic (exact) mass is 298 g/mol. The van der Waals surface area contributed by atoms with Crippen molar-refractivity contribution in [2.24, 2.45) is 11.8 Å². The normalized spacial score (nSPS) is 40.1. The van der Waals surface area contributed by atoms with E-state index in [-0.39, 0.29) is 22.7 Å². The molecule has 1 aliphatic heterocycles. The summed E-state index contributed by atoms with van der Waals surface area (Å²) in [6, 6.07) is 0. The van der Waals surface area contributed by atoms with Gasteiger partial charge in [0.1, 0.15) is 0 Å². The van der Waals surface area contributed by atoms with Crippen LogP contribution >= 0.6 is 0 Å². The number of rotatable bonds is 4. The standard InChI is InChI=1S/C18H34O3/c1-7-20-18(10-8-9-13(2)11-18)15(19)14-12-16(3,4)21-17(14,5)6/h13-15,19H,7-12H2,1-6H3. The van der Waals surface area contributed by atoms with Crippen molar-refractivity contribution in [3.63, 3.8) is 0 Å². The van der Waals surface area contributed by atoms with Crippen LogP contribution in [0, 0.1) is 11.8 Å². The van der Waals surface area contributed by atoms with Gasteiger partial charge in [-0.15, -0.1) is 0 Å². The van der Waals surface area contributed by atoms with E-state index in [1.807, 2.05) is 6.92 Å². The summed E-state index contributed by atoms with van der Waals surface area (Å²) in [7, 11) is 0. The first-order chi connectivity index (χ1) is 9.62. The van der Waals surface area contributed by atoms with Crippen LogP contribution in [0.5, 0.6) is 0 Å². The van der Waals surface area contributed by atoms with Gasteiger partial charge in [-0.3, -0.25) is 0 Å². The predicted molar refractivity (Wildman–Crippen MR) is 85.3 cm³/mol.